The van der Waals surface area contributed by atoms with Crippen molar-refractivity contribution in [3.05, 3.63) is 124 Å². The number of hydrogen-bond donors (Lipinski definition) is 1. The van der Waals surface area contributed by atoms with E-state index in [4.69, 9.17) is 16.3 Å². The van der Waals surface area contributed by atoms with Crippen LogP contribution in [0.15, 0.2) is 112 Å². The van der Waals surface area contributed by atoms with Crippen molar-refractivity contribution in [1.82, 2.24) is 10.2 Å². The Morgan fingerprint density at radius 2 is 1.55 bits per heavy atom. The van der Waals surface area contributed by atoms with Crippen LogP contribution in [0.1, 0.15) is 31.9 Å². The summed E-state index contributed by atoms with van der Waals surface area (Å²) in [5.74, 6) is -0.405. The molecule has 0 bridgehead atoms. The minimum atomic E-state index is -4.31. The summed E-state index contributed by atoms with van der Waals surface area (Å²) in [6.07, 6.45) is 0.226. The number of hydrogen-bond acceptors (Lipinski definition) is 5. The van der Waals surface area contributed by atoms with E-state index in [1.165, 1.54) is 29.2 Å². The Hall–Kier alpha value is -3.86. The van der Waals surface area contributed by atoms with Crippen LogP contribution in [0.4, 0.5) is 5.69 Å². The molecule has 0 aliphatic heterocycles. The Morgan fingerprint density at radius 3 is 2.21 bits per heavy atom. The van der Waals surface area contributed by atoms with Crippen LogP contribution in [-0.2, 0) is 32.6 Å². The van der Waals surface area contributed by atoms with Gasteiger partial charge < -0.3 is 15.0 Å². The van der Waals surface area contributed by atoms with Crippen molar-refractivity contribution in [3.8, 4) is 5.75 Å². The van der Waals surface area contributed by atoms with Gasteiger partial charge in [-0.3, -0.25) is 13.9 Å². The summed E-state index contributed by atoms with van der Waals surface area (Å²) in [6, 6.07) is 28.4. The third-order valence-electron chi connectivity index (χ3n) is 7.31. The number of para-hydroxylation sites is 2. The van der Waals surface area contributed by atoms with Gasteiger partial charge in [-0.15, -0.1) is 0 Å². The normalized spacial score (nSPS) is 12.0. The Kier molecular flexibility index (Phi) is 12.9. The summed E-state index contributed by atoms with van der Waals surface area (Å²) in [5.41, 5.74) is 1.82. The van der Waals surface area contributed by atoms with Crippen LogP contribution in [0.25, 0.3) is 0 Å². The number of nitrogens with zero attached hydrogens (tertiary/aromatic N) is 2. The van der Waals surface area contributed by atoms with Gasteiger partial charge >= 0.3 is 0 Å². The molecule has 0 saturated carbocycles. The van der Waals surface area contributed by atoms with Gasteiger partial charge in [-0.25, -0.2) is 8.42 Å². The molecule has 11 heteroatoms. The predicted molar refractivity (Wildman–Crippen MR) is 190 cm³/mol. The van der Waals surface area contributed by atoms with Crippen molar-refractivity contribution in [3.63, 3.8) is 0 Å². The first-order valence-corrected chi connectivity index (χ1v) is 18.0. The lowest BCUT2D eigenvalue weighted by Gasteiger charge is -2.34. The number of nitrogens with one attached hydrogen (secondary N) is 1. The highest BCUT2D eigenvalue weighted by atomic mass is 79.9. The molecular formula is C36H39BrClN3O5S. The zero-order valence-corrected chi connectivity index (χ0v) is 29.8. The smallest absolute Gasteiger partial charge is 0.264 e. The summed E-state index contributed by atoms with van der Waals surface area (Å²) in [7, 11) is -4.31. The fraction of sp³-hybridized carbons (Fsp3) is 0.278. The highest BCUT2D eigenvalue weighted by molar-refractivity contribution is 9.10. The zero-order valence-electron chi connectivity index (χ0n) is 26.6. The van der Waals surface area contributed by atoms with Crippen molar-refractivity contribution in [2.45, 2.75) is 44.7 Å². The second kappa shape index (κ2) is 16.8. The molecule has 0 heterocycles. The van der Waals surface area contributed by atoms with E-state index >= 15 is 0 Å². The maximum Gasteiger partial charge on any atom is 0.264 e. The topological polar surface area (TPSA) is 96.0 Å². The first kappa shape index (κ1) is 36.0. The van der Waals surface area contributed by atoms with Crippen LogP contribution in [0.3, 0.4) is 0 Å². The molecule has 1 atom stereocenters. The number of ether oxygens (including phenoxy) is 1. The Labute approximate surface area is 290 Å². The summed E-state index contributed by atoms with van der Waals surface area (Å²) >= 11 is 9.59. The van der Waals surface area contributed by atoms with E-state index < -0.39 is 28.5 Å². The number of sulfonamides is 1. The van der Waals surface area contributed by atoms with Gasteiger partial charge in [0.2, 0.25) is 11.8 Å². The number of rotatable bonds is 15. The van der Waals surface area contributed by atoms with Crippen LogP contribution < -0.4 is 14.4 Å². The molecule has 0 saturated heterocycles. The van der Waals surface area contributed by atoms with Crippen molar-refractivity contribution in [2.24, 2.45) is 5.92 Å². The van der Waals surface area contributed by atoms with Gasteiger partial charge in [0.25, 0.3) is 10.0 Å². The van der Waals surface area contributed by atoms with E-state index in [0.29, 0.717) is 17.3 Å². The van der Waals surface area contributed by atoms with Gasteiger partial charge in [0.1, 0.15) is 18.3 Å². The zero-order chi connectivity index (χ0) is 34.0. The summed E-state index contributed by atoms with van der Waals surface area (Å²) in [6.45, 7) is 5.95. The van der Waals surface area contributed by atoms with Crippen LogP contribution in [0.5, 0.6) is 5.75 Å². The van der Waals surface area contributed by atoms with Gasteiger partial charge in [0.05, 0.1) is 17.2 Å². The monoisotopic (exact) mass is 739 g/mol. The van der Waals surface area contributed by atoms with Gasteiger partial charge in [0.15, 0.2) is 0 Å². The lowest BCUT2D eigenvalue weighted by atomic mass is 10.0. The molecule has 0 aliphatic carbocycles. The van der Waals surface area contributed by atoms with E-state index in [0.717, 1.165) is 19.9 Å². The van der Waals surface area contributed by atoms with E-state index in [-0.39, 0.29) is 42.0 Å². The van der Waals surface area contributed by atoms with Crippen LogP contribution >= 0.6 is 27.5 Å². The average molecular weight is 741 g/mol. The lowest BCUT2D eigenvalue weighted by Crippen LogP contribution is -2.53. The molecule has 0 aromatic heterocycles. The van der Waals surface area contributed by atoms with Gasteiger partial charge in [0, 0.05) is 29.0 Å². The quantitative estimate of drug-likeness (QED) is 0.140. The number of halogens is 2. The van der Waals surface area contributed by atoms with Crippen LogP contribution in [0.2, 0.25) is 5.02 Å². The molecule has 0 spiro atoms. The first-order chi connectivity index (χ1) is 22.5. The number of benzene rings is 4. The van der Waals surface area contributed by atoms with Crippen molar-refractivity contribution < 1.29 is 22.7 Å². The molecular weight excluding hydrogens is 702 g/mol. The number of carbonyl (C=O) groups excluding carboxylic acids is 2. The SMILES string of the molecule is CCOc1ccccc1N(CC(=O)N(Cc1cccc(Br)c1)C(Cc1ccccc1)C(=O)NCC(C)C)S(=O)(=O)c1ccc(Cl)cc1. The van der Waals surface area contributed by atoms with E-state index in [1.807, 2.05) is 68.4 Å². The molecule has 8 nitrogen and oxygen atoms in total. The fourth-order valence-electron chi connectivity index (χ4n) is 5.00. The molecule has 4 rings (SSSR count). The molecule has 2 amide bonds. The van der Waals surface area contributed by atoms with Crippen LogP contribution in [-0.4, -0.2) is 50.9 Å². The second-order valence-corrected chi connectivity index (χ2v) is 14.6. The number of anilines is 1. The van der Waals surface area contributed by atoms with E-state index in [9.17, 15) is 18.0 Å². The van der Waals surface area contributed by atoms with Gasteiger partial charge in [-0.1, -0.05) is 96.0 Å². The van der Waals surface area contributed by atoms with Crippen molar-refractivity contribution in [1.29, 1.82) is 0 Å². The summed E-state index contributed by atoms with van der Waals surface area (Å²) in [5, 5.41) is 3.37. The second-order valence-electron chi connectivity index (χ2n) is 11.4. The lowest BCUT2D eigenvalue weighted by molar-refractivity contribution is -0.140. The molecule has 4 aromatic carbocycles. The third-order valence-corrected chi connectivity index (χ3v) is 9.83. The highest BCUT2D eigenvalue weighted by Gasteiger charge is 2.35. The molecule has 1 unspecified atom stereocenters. The first-order valence-electron chi connectivity index (χ1n) is 15.3. The standard InChI is InChI=1S/C36H39BrClN3O5S/c1-4-46-34-16-9-8-15-32(34)41(47(44,45)31-19-17-30(38)18-20-31)25-35(42)40(24-28-13-10-14-29(37)21-28)33(36(43)39-23-26(2)3)22-27-11-6-5-7-12-27/h5-21,26,33H,4,22-25H2,1-3H3,(H,39,43). The Bertz CT molecular complexity index is 1750. The van der Waals surface area contributed by atoms with Gasteiger partial charge in [-0.05, 0) is 72.5 Å². The number of amides is 2. The van der Waals surface area contributed by atoms with E-state index in [1.54, 1.807) is 31.2 Å². The maximum absolute atomic E-state index is 14.7. The Morgan fingerprint density at radius 1 is 0.894 bits per heavy atom. The van der Waals surface area contributed by atoms with Crippen molar-refractivity contribution in [2.75, 3.05) is 24.0 Å². The van der Waals surface area contributed by atoms with Crippen LogP contribution in [0, 0.1) is 5.92 Å². The minimum absolute atomic E-state index is 0.0462. The van der Waals surface area contributed by atoms with Gasteiger partial charge in [-0.2, -0.15) is 0 Å². The summed E-state index contributed by atoms with van der Waals surface area (Å²) < 4.78 is 36.3. The third kappa shape index (κ3) is 9.82. The maximum atomic E-state index is 14.7. The summed E-state index contributed by atoms with van der Waals surface area (Å²) in [4.78, 5) is 30.0. The molecule has 248 valence electrons. The largest absolute Gasteiger partial charge is 0.492 e. The molecule has 0 radical (unpaired) electrons. The molecule has 0 fully saturated rings. The minimum Gasteiger partial charge on any atom is -0.492 e. The predicted octanol–water partition coefficient (Wildman–Crippen LogP) is 7.11. The molecule has 1 N–H and O–H groups in total. The average Bonchev–Trinajstić information content (AvgIpc) is 3.05. The fourth-order valence-corrected chi connectivity index (χ4v) is 6.99. The Balaban J connectivity index is 1.83. The number of carbonyl (C=O) groups is 2. The van der Waals surface area contributed by atoms with E-state index in [2.05, 4.69) is 21.2 Å². The molecule has 47 heavy (non-hydrogen) atoms. The highest BCUT2D eigenvalue weighted by Crippen LogP contribution is 2.33. The molecule has 0 aliphatic rings. The van der Waals surface area contributed by atoms with Crippen molar-refractivity contribution >= 4 is 55.1 Å². The molecule has 4 aromatic rings.